The van der Waals surface area contributed by atoms with E-state index in [4.69, 9.17) is 5.73 Å². The normalized spacial score (nSPS) is 11.3. The first-order valence-electron chi connectivity index (χ1n) is 8.83. The van der Waals surface area contributed by atoms with Crippen LogP contribution in [-0.2, 0) is 14.1 Å². The molecular weight excluding hydrogens is 500 g/mol. The molecule has 4 rings (SSSR count). The first kappa shape index (κ1) is 19.7. The molecule has 0 saturated carbocycles. The van der Waals surface area contributed by atoms with Gasteiger partial charge in [0.2, 0.25) is 0 Å². The minimum absolute atomic E-state index is 0.328. The highest BCUT2D eigenvalue weighted by molar-refractivity contribution is 9.11. The third-order valence-electron chi connectivity index (χ3n) is 5.11. The van der Waals surface area contributed by atoms with Crippen LogP contribution in [0.5, 0.6) is 0 Å². The van der Waals surface area contributed by atoms with Gasteiger partial charge in [-0.05, 0) is 56.5 Å². The zero-order chi connectivity index (χ0) is 21.0. The van der Waals surface area contributed by atoms with E-state index in [2.05, 4.69) is 31.9 Å². The number of hydrogen-bond donors (Lipinski definition) is 1. The van der Waals surface area contributed by atoms with Gasteiger partial charge >= 0.3 is 5.69 Å². The average Bonchev–Trinajstić information content (AvgIpc) is 3.10. The molecule has 0 spiro atoms. The van der Waals surface area contributed by atoms with Crippen LogP contribution in [0.25, 0.3) is 27.8 Å². The van der Waals surface area contributed by atoms with Crippen molar-refractivity contribution in [3.8, 4) is 16.9 Å². The van der Waals surface area contributed by atoms with Gasteiger partial charge in [-0.25, -0.2) is 4.79 Å². The number of halogens is 2. The molecule has 0 bridgehead atoms. The fraction of sp³-hybridized carbons (Fsp3) is 0.143. The molecule has 6 nitrogen and oxygen atoms in total. The van der Waals surface area contributed by atoms with E-state index >= 15 is 0 Å². The smallest absolute Gasteiger partial charge is 0.330 e. The summed E-state index contributed by atoms with van der Waals surface area (Å²) < 4.78 is 6.02. The van der Waals surface area contributed by atoms with Crippen molar-refractivity contribution in [3.05, 3.63) is 77.9 Å². The van der Waals surface area contributed by atoms with E-state index in [1.54, 1.807) is 7.05 Å². The van der Waals surface area contributed by atoms with Crippen molar-refractivity contribution in [2.75, 3.05) is 5.73 Å². The van der Waals surface area contributed by atoms with Crippen LogP contribution in [0.1, 0.15) is 5.56 Å². The summed E-state index contributed by atoms with van der Waals surface area (Å²) >= 11 is 6.98. The van der Waals surface area contributed by atoms with Crippen molar-refractivity contribution in [1.29, 1.82) is 0 Å². The molecule has 0 aliphatic heterocycles. The van der Waals surface area contributed by atoms with Crippen LogP contribution in [0.3, 0.4) is 0 Å². The minimum atomic E-state index is -0.366. The maximum atomic E-state index is 13.1. The number of aromatic nitrogens is 3. The second-order valence-corrected chi connectivity index (χ2v) is 8.71. The fourth-order valence-corrected chi connectivity index (χ4v) is 4.61. The molecule has 0 aliphatic rings. The highest BCUT2D eigenvalue weighted by atomic mass is 79.9. The molecule has 0 radical (unpaired) electrons. The summed E-state index contributed by atoms with van der Waals surface area (Å²) in [6.07, 6.45) is 1.82. The molecule has 2 aromatic carbocycles. The van der Waals surface area contributed by atoms with Gasteiger partial charge in [0.05, 0.1) is 22.3 Å². The standard InChI is InChI=1S/C21H18Br2N4O2/c1-11-4-6-12(7-5-11)19-17-16(25(2)21(29)26(3)20(17)28)10-27(19)13-8-14(22)18(24)15(23)9-13/h4-10H,24H2,1-3H3. The van der Waals surface area contributed by atoms with Gasteiger partial charge in [-0.3, -0.25) is 13.9 Å². The van der Waals surface area contributed by atoms with Crippen molar-refractivity contribution in [1.82, 2.24) is 13.7 Å². The lowest BCUT2D eigenvalue weighted by Crippen LogP contribution is -2.36. The van der Waals surface area contributed by atoms with E-state index in [-0.39, 0.29) is 11.2 Å². The van der Waals surface area contributed by atoms with E-state index in [1.807, 2.05) is 54.1 Å². The van der Waals surface area contributed by atoms with Gasteiger partial charge in [0.15, 0.2) is 0 Å². The second kappa shape index (κ2) is 7.03. The number of nitrogen functional groups attached to an aromatic ring is 1. The third kappa shape index (κ3) is 3.07. The first-order valence-corrected chi connectivity index (χ1v) is 10.4. The van der Waals surface area contributed by atoms with Gasteiger partial charge in [-0.2, -0.15) is 0 Å². The maximum Gasteiger partial charge on any atom is 0.330 e. The predicted octanol–water partition coefficient (Wildman–Crippen LogP) is 4.11. The Labute approximate surface area is 183 Å². The number of benzene rings is 2. The summed E-state index contributed by atoms with van der Waals surface area (Å²) in [5.74, 6) is 0. The van der Waals surface area contributed by atoms with E-state index in [0.717, 1.165) is 36.0 Å². The van der Waals surface area contributed by atoms with E-state index < -0.39 is 0 Å². The molecule has 0 unspecified atom stereocenters. The summed E-state index contributed by atoms with van der Waals surface area (Å²) in [5, 5.41) is 0.488. The Morgan fingerprint density at radius 1 is 0.931 bits per heavy atom. The third-order valence-corrected chi connectivity index (χ3v) is 6.42. The number of anilines is 1. The predicted molar refractivity (Wildman–Crippen MR) is 124 cm³/mol. The molecule has 0 aliphatic carbocycles. The number of rotatable bonds is 2. The zero-order valence-corrected chi connectivity index (χ0v) is 19.2. The minimum Gasteiger partial charge on any atom is -0.397 e. The summed E-state index contributed by atoms with van der Waals surface area (Å²) in [6.45, 7) is 2.01. The number of nitrogens with zero attached hydrogens (tertiary/aromatic N) is 3. The highest BCUT2D eigenvalue weighted by Crippen LogP contribution is 2.35. The van der Waals surface area contributed by atoms with Crippen LogP contribution in [0.2, 0.25) is 0 Å². The molecule has 0 saturated heterocycles. The Bertz CT molecular complexity index is 1370. The molecule has 2 heterocycles. The lowest BCUT2D eigenvalue weighted by Gasteiger charge is -2.13. The van der Waals surface area contributed by atoms with Crippen LogP contribution in [0.4, 0.5) is 5.69 Å². The molecule has 2 N–H and O–H groups in total. The van der Waals surface area contributed by atoms with Crippen LogP contribution < -0.4 is 17.0 Å². The van der Waals surface area contributed by atoms with Crippen molar-refractivity contribution in [2.24, 2.45) is 14.1 Å². The molecule has 148 valence electrons. The first-order chi connectivity index (χ1) is 13.7. The largest absolute Gasteiger partial charge is 0.397 e. The summed E-state index contributed by atoms with van der Waals surface area (Å²) in [5.41, 5.74) is 10.0. The molecule has 0 amide bonds. The van der Waals surface area contributed by atoms with Gasteiger partial charge in [-0.15, -0.1) is 0 Å². The number of fused-ring (bicyclic) bond motifs is 1. The van der Waals surface area contributed by atoms with E-state index in [1.165, 1.54) is 11.6 Å². The Kier molecular flexibility index (Phi) is 4.78. The summed E-state index contributed by atoms with van der Waals surface area (Å²) in [6, 6.07) is 11.7. The fourth-order valence-electron chi connectivity index (χ4n) is 3.45. The van der Waals surface area contributed by atoms with Gasteiger partial charge < -0.3 is 10.3 Å². The van der Waals surface area contributed by atoms with E-state index in [9.17, 15) is 9.59 Å². The topological polar surface area (TPSA) is 75.0 Å². The van der Waals surface area contributed by atoms with Gasteiger partial charge in [0.1, 0.15) is 0 Å². The lowest BCUT2D eigenvalue weighted by molar-refractivity contribution is 0.714. The zero-order valence-electron chi connectivity index (χ0n) is 16.0. The summed E-state index contributed by atoms with van der Waals surface area (Å²) in [4.78, 5) is 25.6. The molecule has 2 aromatic heterocycles. The van der Waals surface area contributed by atoms with Crippen LogP contribution in [0.15, 0.2) is 61.1 Å². The average molecular weight is 518 g/mol. The van der Waals surface area contributed by atoms with Crippen molar-refractivity contribution < 1.29 is 0 Å². The molecule has 29 heavy (non-hydrogen) atoms. The van der Waals surface area contributed by atoms with Crippen molar-refractivity contribution in [3.63, 3.8) is 0 Å². The van der Waals surface area contributed by atoms with Gasteiger partial charge in [0.25, 0.3) is 5.56 Å². The number of hydrogen-bond acceptors (Lipinski definition) is 3. The molecule has 4 aromatic rings. The van der Waals surface area contributed by atoms with Gasteiger partial charge in [0, 0.05) is 34.9 Å². The Morgan fingerprint density at radius 2 is 1.52 bits per heavy atom. The molecular formula is C21H18Br2N4O2. The lowest BCUT2D eigenvalue weighted by atomic mass is 10.1. The SMILES string of the molecule is Cc1ccc(-c2c3c(=O)n(C)c(=O)n(C)c3cn2-c2cc(Br)c(N)c(Br)c2)cc1. The van der Waals surface area contributed by atoms with Gasteiger partial charge in [-0.1, -0.05) is 29.8 Å². The highest BCUT2D eigenvalue weighted by Gasteiger charge is 2.21. The molecule has 0 atom stereocenters. The van der Waals surface area contributed by atoms with Crippen molar-refractivity contribution >= 4 is 48.5 Å². The second-order valence-electron chi connectivity index (χ2n) is 7.00. The Hall–Kier alpha value is -2.58. The van der Waals surface area contributed by atoms with E-state index in [0.29, 0.717) is 16.6 Å². The Morgan fingerprint density at radius 3 is 2.10 bits per heavy atom. The Balaban J connectivity index is 2.20. The molecule has 0 fully saturated rings. The summed E-state index contributed by atoms with van der Waals surface area (Å²) in [7, 11) is 3.17. The number of aryl methyl sites for hydroxylation is 2. The molecule has 8 heteroatoms. The quantitative estimate of drug-likeness (QED) is 0.406. The van der Waals surface area contributed by atoms with Crippen LogP contribution in [0, 0.1) is 6.92 Å². The van der Waals surface area contributed by atoms with Crippen LogP contribution >= 0.6 is 31.9 Å². The monoisotopic (exact) mass is 516 g/mol. The number of nitrogens with two attached hydrogens (primary N) is 1. The van der Waals surface area contributed by atoms with Crippen molar-refractivity contribution in [2.45, 2.75) is 6.92 Å². The van der Waals surface area contributed by atoms with Crippen LogP contribution in [-0.4, -0.2) is 13.7 Å². The maximum absolute atomic E-state index is 13.1.